The lowest BCUT2D eigenvalue weighted by Gasteiger charge is -2.28. The number of nitrogens with one attached hydrogen (secondary N) is 5. The van der Waals surface area contributed by atoms with Crippen molar-refractivity contribution in [2.24, 2.45) is 35.1 Å². The Morgan fingerprint density at radius 3 is 0.881 bits per heavy atom. The molecule has 0 fully saturated rings. The van der Waals surface area contributed by atoms with Crippen LogP contribution in [0.3, 0.4) is 0 Å². The molecule has 0 bridgehead atoms. The second-order valence-electron chi connectivity index (χ2n) is 30.1. The number of amides is 5. The number of nitrogens with two attached hydrogens (primary N) is 2. The third kappa shape index (κ3) is 74.8. The van der Waals surface area contributed by atoms with Crippen LogP contribution in [-0.2, 0) is 124 Å². The van der Waals surface area contributed by atoms with Crippen LogP contribution < -0.4 is 38.1 Å². The van der Waals surface area contributed by atoms with Crippen LogP contribution in [0.4, 0.5) is 0 Å². The summed E-state index contributed by atoms with van der Waals surface area (Å²) >= 11 is 0. The fourth-order valence-electron chi connectivity index (χ4n) is 8.06. The van der Waals surface area contributed by atoms with Crippen molar-refractivity contribution in [3.63, 3.8) is 0 Å². The summed E-state index contributed by atoms with van der Waals surface area (Å²) in [5, 5.41) is 64.2. The molecule has 5 amide bonds. The van der Waals surface area contributed by atoms with Crippen molar-refractivity contribution in [2.75, 3.05) is 39.3 Å². The number of aliphatic carboxylic acids is 4. The molecule has 0 aromatic carbocycles. The summed E-state index contributed by atoms with van der Waals surface area (Å²) in [6.07, 6.45) is 9.87. The maximum atomic E-state index is 12.3. The van der Waals surface area contributed by atoms with E-state index in [1.54, 1.807) is 116 Å². The van der Waals surface area contributed by atoms with E-state index in [0.29, 0.717) is 12.8 Å². The molecule has 680 valence electrons. The topological polar surface area (TPSA) is 615 Å². The van der Waals surface area contributed by atoms with Gasteiger partial charge in [-0.05, 0) is 130 Å². The Hall–Kier alpha value is -10.00. The molecule has 0 saturated heterocycles. The molecule has 11 atom stereocenters. The molecule has 0 spiro atoms. The number of aliphatic hydroxyl groups excluding tert-OH is 2. The third-order valence-corrected chi connectivity index (χ3v) is 13.1. The van der Waals surface area contributed by atoms with E-state index in [-0.39, 0.29) is 82.9 Å². The molecule has 0 aromatic heterocycles. The summed E-state index contributed by atoms with van der Waals surface area (Å²) in [6, 6.07) is -7.49. The number of carbonyl (C=O) groups is 16. The highest BCUT2D eigenvalue weighted by Gasteiger charge is 2.39. The van der Waals surface area contributed by atoms with Crippen LogP contribution in [0.1, 0.15) is 183 Å². The van der Waals surface area contributed by atoms with E-state index in [2.05, 4.69) is 70.8 Å². The molecule has 0 aliphatic heterocycles. The summed E-state index contributed by atoms with van der Waals surface area (Å²) in [5.41, 5.74) is 6.44. The number of rotatable bonds is 40. The number of halogens is 1. The average Bonchev–Trinajstić information content (AvgIpc) is 0.871. The first-order valence-electron chi connectivity index (χ1n) is 36.1. The lowest BCUT2D eigenvalue weighted by Crippen LogP contribution is -2.50. The number of aliphatic hydroxyl groups is 2. The van der Waals surface area contributed by atoms with E-state index in [0.717, 1.165) is 6.26 Å². The lowest BCUT2D eigenvalue weighted by atomic mass is 9.95. The van der Waals surface area contributed by atoms with Crippen molar-refractivity contribution in [3.05, 3.63) is 75.9 Å². The Morgan fingerprint density at radius 2 is 0.644 bits per heavy atom. The monoisotopic (exact) mass is 1730 g/mol. The van der Waals surface area contributed by atoms with E-state index in [9.17, 15) is 95.3 Å². The quantitative estimate of drug-likeness (QED) is 0.0179. The number of carboxylic acids is 4. The first-order valence-corrected chi connectivity index (χ1v) is 37.9. The first kappa shape index (κ1) is 124. The summed E-state index contributed by atoms with van der Waals surface area (Å²) in [4.78, 5) is 179. The summed E-state index contributed by atoms with van der Waals surface area (Å²) in [6.45, 7) is 52.4. The van der Waals surface area contributed by atoms with Crippen molar-refractivity contribution in [2.45, 2.75) is 254 Å². The standard InChI is InChI=1S/C14H25NO6S.2C13H21NO5.2C13H23NO4.C7H11NO4.C4H7NO4.ClH/c1-7-8-11(9-20-22(6,18)19)12(15-10(2)16)13(17)21-14(3,4)5;1-6-7-18-11(16)8-10(14-9(2)15)12(17)19-13(3,4)5;1-6-7-9(11(16)17)10(14-8(2)15)12(18)19-13(3,4)5;2*1-6-7-10(8-15)11(14-9(2)16)12(17)18-13(3,4)5;1-2-3-12-6(9)4-5(8)7(10)11;5-2(4(8)9)1-3(6)7;/h7,11-12H,1,8-9H2,2-6H3,(H,15,16);6,10H,1,7-8H2,2-5H3,(H,14,15);6,9-10H,1,7H2,2-5H3,(H,14,15)(H,16,17);2*6,10-11,15H,1,7-8H2,2-5H3,(H,14,16);2,5H,1,3-4,8H2,(H,10,11);2H,1,5H2,(H,6,7)(H,8,9);1H/t11-,12+;10-;9?,10-;10-,11+;10-,11-;5-;2-;/m1001000./s1. The van der Waals surface area contributed by atoms with Gasteiger partial charge in [-0.15, -0.1) is 38.7 Å². The van der Waals surface area contributed by atoms with Crippen molar-refractivity contribution < 1.29 is 153 Å². The minimum absolute atomic E-state index is 0. The van der Waals surface area contributed by atoms with E-state index in [1.165, 1.54) is 58.9 Å². The fraction of sp³-hybridized carbons (Fsp3) is 0.636. The molecule has 0 rings (SSSR count). The van der Waals surface area contributed by atoms with Crippen LogP contribution in [0, 0.1) is 23.7 Å². The molecular formula is C77H132ClN7O32S. The van der Waals surface area contributed by atoms with Crippen LogP contribution in [0.25, 0.3) is 0 Å². The van der Waals surface area contributed by atoms with E-state index < -0.39 is 194 Å². The maximum absolute atomic E-state index is 12.3. The molecule has 0 aliphatic carbocycles. The fourth-order valence-corrected chi connectivity index (χ4v) is 8.48. The number of esters is 7. The van der Waals surface area contributed by atoms with Crippen molar-refractivity contribution in [3.8, 4) is 0 Å². The van der Waals surface area contributed by atoms with E-state index in [1.807, 2.05) is 0 Å². The zero-order chi connectivity index (χ0) is 93.5. The number of carbonyl (C=O) groups excluding carboxylic acids is 12. The van der Waals surface area contributed by atoms with Gasteiger partial charge in [-0.3, -0.25) is 56.9 Å². The molecule has 41 heteroatoms. The number of hydrogen-bond donors (Lipinski definition) is 13. The van der Waals surface area contributed by atoms with Crippen LogP contribution in [0.15, 0.2) is 75.9 Å². The Morgan fingerprint density at radius 1 is 0.381 bits per heavy atom. The Balaban J connectivity index is -0.000000202. The number of allylic oxidation sites excluding steroid dienone is 4. The van der Waals surface area contributed by atoms with Gasteiger partial charge in [0.15, 0.2) is 0 Å². The van der Waals surface area contributed by atoms with Gasteiger partial charge in [0.1, 0.15) is 83.5 Å². The Kier molecular flexibility index (Phi) is 66.2. The SMILES string of the molecule is C=CCC(C(=O)O)[C@H](NC(C)=O)C(=O)OC(C)(C)C.C=CCOC(=O)C[C@H](N)C(=O)O.C=CCOC(=O)C[C@H](NC(C)=O)C(=O)OC(C)(C)C.C=CC[C@@H](CO)[C@H](NC(C)=O)C(=O)OC(C)(C)C.C=CC[C@H](CO)[C@H](NC(C)=O)C(=O)OC(C)(C)C.C=CC[C@H](COS(C)(=O)=O)[C@H](NC(C)=O)C(=O)OC(C)(C)C.Cl.N[C@@H](CC(=O)O)C(=O)O. The van der Waals surface area contributed by atoms with Gasteiger partial charge in [-0.25, -0.2) is 24.0 Å². The third-order valence-electron chi connectivity index (χ3n) is 12.6. The highest BCUT2D eigenvalue weighted by Crippen LogP contribution is 2.21. The smallest absolute Gasteiger partial charge is 0.330 e. The minimum Gasteiger partial charge on any atom is -0.481 e. The largest absolute Gasteiger partial charge is 0.481 e. The molecule has 0 saturated carbocycles. The van der Waals surface area contributed by atoms with Gasteiger partial charge in [0, 0.05) is 65.6 Å². The van der Waals surface area contributed by atoms with Gasteiger partial charge < -0.3 is 102 Å². The average molecular weight is 1740 g/mol. The number of ether oxygens (including phenoxy) is 7. The summed E-state index contributed by atoms with van der Waals surface area (Å²) in [5.74, 6) is -13.9. The molecular weight excluding hydrogens is 1600 g/mol. The Bertz CT molecular complexity index is 3300. The molecule has 1 unspecified atom stereocenters. The van der Waals surface area contributed by atoms with Crippen molar-refractivity contribution in [1.82, 2.24) is 26.6 Å². The van der Waals surface area contributed by atoms with Gasteiger partial charge in [0.25, 0.3) is 10.1 Å². The highest BCUT2D eigenvalue weighted by atomic mass is 35.5. The van der Waals surface area contributed by atoms with Gasteiger partial charge in [0.2, 0.25) is 29.5 Å². The maximum Gasteiger partial charge on any atom is 0.330 e. The predicted molar refractivity (Wildman–Crippen MR) is 435 cm³/mol. The van der Waals surface area contributed by atoms with Crippen LogP contribution in [0.5, 0.6) is 0 Å². The minimum atomic E-state index is -3.66. The molecule has 39 nitrogen and oxygen atoms in total. The van der Waals surface area contributed by atoms with Crippen LogP contribution in [0.2, 0.25) is 0 Å². The Labute approximate surface area is 698 Å². The van der Waals surface area contributed by atoms with Gasteiger partial charge in [-0.1, -0.05) is 49.6 Å². The molecule has 15 N–H and O–H groups in total. The van der Waals surface area contributed by atoms with Gasteiger partial charge >= 0.3 is 65.7 Å². The second kappa shape index (κ2) is 63.1. The van der Waals surface area contributed by atoms with Gasteiger partial charge in [0.05, 0.1) is 38.0 Å². The molecule has 118 heavy (non-hydrogen) atoms. The summed E-state index contributed by atoms with van der Waals surface area (Å²) in [7, 11) is -3.66. The molecule has 0 heterocycles. The van der Waals surface area contributed by atoms with Crippen molar-refractivity contribution >= 4 is 118 Å². The van der Waals surface area contributed by atoms with Crippen LogP contribution >= 0.6 is 12.4 Å². The molecule has 0 aromatic rings. The second-order valence-corrected chi connectivity index (χ2v) is 31.8. The predicted octanol–water partition coefficient (Wildman–Crippen LogP) is 3.91. The lowest BCUT2D eigenvalue weighted by molar-refractivity contribution is -0.164. The molecule has 0 radical (unpaired) electrons. The van der Waals surface area contributed by atoms with E-state index >= 15 is 0 Å². The number of hydrogen-bond acceptors (Lipinski definition) is 30. The number of carboxylic acid groups (broad SMARTS) is 4. The van der Waals surface area contributed by atoms with Gasteiger partial charge in [-0.2, -0.15) is 8.42 Å². The normalized spacial score (nSPS) is 13.6. The highest BCUT2D eigenvalue weighted by molar-refractivity contribution is 7.86. The summed E-state index contributed by atoms with van der Waals surface area (Å²) < 4.78 is 62.3. The zero-order valence-electron chi connectivity index (χ0n) is 71.8. The molecule has 0 aliphatic rings. The van der Waals surface area contributed by atoms with Crippen LogP contribution in [-0.4, -0.2) is 244 Å². The van der Waals surface area contributed by atoms with E-state index in [4.69, 9.17) is 64.5 Å². The zero-order valence-corrected chi connectivity index (χ0v) is 73.4. The first-order chi connectivity index (χ1) is 53.1. The van der Waals surface area contributed by atoms with Crippen molar-refractivity contribution in [1.29, 1.82) is 0 Å².